The minimum atomic E-state index is -0.256. The molecule has 5 heteroatoms. The zero-order valence-corrected chi connectivity index (χ0v) is 12.8. The minimum Gasteiger partial charge on any atom is -0.466 e. The Balaban J connectivity index is 2.08. The van der Waals surface area contributed by atoms with E-state index in [0.29, 0.717) is 27.8 Å². The third kappa shape index (κ3) is 2.59. The van der Waals surface area contributed by atoms with Crippen molar-refractivity contribution in [2.45, 2.75) is 13.3 Å². The summed E-state index contributed by atoms with van der Waals surface area (Å²) in [6, 6.07) is 9.25. The predicted octanol–water partition coefficient (Wildman–Crippen LogP) is 5.00. The van der Waals surface area contributed by atoms with Crippen LogP contribution in [0.15, 0.2) is 34.7 Å². The molecule has 0 spiro atoms. The summed E-state index contributed by atoms with van der Waals surface area (Å²) in [4.78, 5) is 11.5. The van der Waals surface area contributed by atoms with Gasteiger partial charge >= 0.3 is 5.97 Å². The highest BCUT2D eigenvalue weighted by atomic mass is 35.5. The third-order valence-corrected chi connectivity index (χ3v) is 4.04. The first-order valence-electron chi connectivity index (χ1n) is 6.55. The normalized spacial score (nSPS) is 11.2. The number of furan rings is 1. The van der Waals surface area contributed by atoms with Crippen molar-refractivity contribution in [3.05, 3.63) is 45.9 Å². The van der Waals surface area contributed by atoms with Crippen LogP contribution in [0, 0.1) is 0 Å². The van der Waals surface area contributed by atoms with E-state index in [0.717, 1.165) is 16.3 Å². The Morgan fingerprint density at radius 1 is 1.19 bits per heavy atom. The van der Waals surface area contributed by atoms with Crippen LogP contribution in [0.4, 0.5) is 0 Å². The summed E-state index contributed by atoms with van der Waals surface area (Å²) in [6.45, 7) is 2.16. The number of rotatable bonds is 3. The standard InChI is InChI=1S/C16H12Cl2O3/c1-2-20-14(19)8-9-3-4-10-11-5-6-12(17)15(18)16(11)21-13(10)7-9/h3-7H,2,8H2,1H3. The quantitative estimate of drug-likeness (QED) is 0.637. The van der Waals surface area contributed by atoms with E-state index in [4.69, 9.17) is 32.4 Å². The summed E-state index contributed by atoms with van der Waals surface area (Å²) in [6.07, 6.45) is 0.218. The maximum Gasteiger partial charge on any atom is 0.310 e. The molecule has 0 atom stereocenters. The van der Waals surface area contributed by atoms with Crippen molar-refractivity contribution in [2.24, 2.45) is 0 Å². The van der Waals surface area contributed by atoms with Crippen molar-refractivity contribution < 1.29 is 13.9 Å². The second-order valence-electron chi connectivity index (χ2n) is 4.65. The molecule has 3 nitrogen and oxygen atoms in total. The molecule has 0 aliphatic carbocycles. The first-order valence-corrected chi connectivity index (χ1v) is 7.30. The molecule has 1 heterocycles. The smallest absolute Gasteiger partial charge is 0.310 e. The molecule has 21 heavy (non-hydrogen) atoms. The van der Waals surface area contributed by atoms with E-state index in [1.807, 2.05) is 24.3 Å². The fraction of sp³-hybridized carbons (Fsp3) is 0.188. The molecular formula is C16H12Cl2O3. The van der Waals surface area contributed by atoms with Gasteiger partial charge in [-0.1, -0.05) is 35.3 Å². The predicted molar refractivity (Wildman–Crippen MR) is 84.1 cm³/mol. The molecule has 0 fully saturated rings. The molecule has 0 bridgehead atoms. The summed E-state index contributed by atoms with van der Waals surface area (Å²) in [5.41, 5.74) is 2.07. The lowest BCUT2D eigenvalue weighted by Crippen LogP contribution is -2.07. The second-order valence-corrected chi connectivity index (χ2v) is 5.44. The second kappa shape index (κ2) is 5.58. The van der Waals surface area contributed by atoms with Crippen LogP contribution in [0.2, 0.25) is 10.0 Å². The molecule has 3 aromatic rings. The first kappa shape index (κ1) is 14.2. The lowest BCUT2D eigenvalue weighted by molar-refractivity contribution is -0.142. The molecular weight excluding hydrogens is 311 g/mol. The van der Waals surface area contributed by atoms with Crippen molar-refractivity contribution in [1.29, 1.82) is 0 Å². The van der Waals surface area contributed by atoms with E-state index in [-0.39, 0.29) is 12.4 Å². The van der Waals surface area contributed by atoms with Crippen molar-refractivity contribution >= 4 is 51.1 Å². The SMILES string of the molecule is CCOC(=O)Cc1ccc2c(c1)oc1c(Cl)c(Cl)ccc12. The summed E-state index contributed by atoms with van der Waals surface area (Å²) in [7, 11) is 0. The van der Waals surface area contributed by atoms with Gasteiger partial charge in [-0.05, 0) is 30.7 Å². The molecule has 0 amide bonds. The Hall–Kier alpha value is -1.71. The lowest BCUT2D eigenvalue weighted by Gasteiger charge is -2.01. The largest absolute Gasteiger partial charge is 0.466 e. The highest BCUT2D eigenvalue weighted by molar-refractivity contribution is 6.45. The highest BCUT2D eigenvalue weighted by Crippen LogP contribution is 2.37. The van der Waals surface area contributed by atoms with Gasteiger partial charge in [-0.15, -0.1) is 0 Å². The van der Waals surface area contributed by atoms with Crippen LogP contribution >= 0.6 is 23.2 Å². The summed E-state index contributed by atoms with van der Waals surface area (Å²) in [5.74, 6) is -0.256. The van der Waals surface area contributed by atoms with Crippen molar-refractivity contribution in [2.75, 3.05) is 6.61 Å². The van der Waals surface area contributed by atoms with Gasteiger partial charge in [0.25, 0.3) is 0 Å². The Morgan fingerprint density at radius 3 is 2.71 bits per heavy atom. The van der Waals surface area contributed by atoms with E-state index in [1.165, 1.54) is 0 Å². The van der Waals surface area contributed by atoms with E-state index < -0.39 is 0 Å². The van der Waals surface area contributed by atoms with Crippen molar-refractivity contribution in [3.63, 3.8) is 0 Å². The monoisotopic (exact) mass is 322 g/mol. The number of hydrogen-bond donors (Lipinski definition) is 0. The first-order chi connectivity index (χ1) is 10.1. The lowest BCUT2D eigenvalue weighted by atomic mass is 10.1. The highest BCUT2D eigenvalue weighted by Gasteiger charge is 2.13. The van der Waals surface area contributed by atoms with Gasteiger partial charge in [-0.2, -0.15) is 0 Å². The number of carbonyl (C=O) groups excluding carboxylic acids is 1. The number of ether oxygens (including phenoxy) is 1. The number of hydrogen-bond acceptors (Lipinski definition) is 3. The molecule has 0 N–H and O–H groups in total. The average Bonchev–Trinajstić information content (AvgIpc) is 2.81. The Bertz CT molecular complexity index is 836. The Labute approximate surface area is 131 Å². The van der Waals surface area contributed by atoms with Gasteiger partial charge in [-0.25, -0.2) is 0 Å². The van der Waals surface area contributed by atoms with Crippen LogP contribution in [0.1, 0.15) is 12.5 Å². The number of fused-ring (bicyclic) bond motifs is 3. The maximum absolute atomic E-state index is 11.5. The number of benzene rings is 2. The van der Waals surface area contributed by atoms with Crippen LogP contribution in [0.25, 0.3) is 21.9 Å². The van der Waals surface area contributed by atoms with Crippen LogP contribution < -0.4 is 0 Å². The molecule has 0 aliphatic heterocycles. The summed E-state index contributed by atoms with van der Waals surface area (Å²) >= 11 is 12.2. The Kier molecular flexibility index (Phi) is 3.79. The van der Waals surface area contributed by atoms with Crippen LogP contribution in [0.5, 0.6) is 0 Å². The fourth-order valence-electron chi connectivity index (χ4n) is 2.32. The zero-order chi connectivity index (χ0) is 15.0. The molecule has 1 aromatic heterocycles. The van der Waals surface area contributed by atoms with E-state index >= 15 is 0 Å². The molecule has 3 rings (SSSR count). The van der Waals surface area contributed by atoms with Gasteiger partial charge in [0, 0.05) is 10.8 Å². The summed E-state index contributed by atoms with van der Waals surface area (Å²) in [5, 5.41) is 2.70. The van der Waals surface area contributed by atoms with E-state index in [9.17, 15) is 4.79 Å². The molecule has 0 aliphatic rings. The van der Waals surface area contributed by atoms with Gasteiger partial charge in [0.2, 0.25) is 0 Å². The maximum atomic E-state index is 11.5. The molecule has 0 saturated carbocycles. The fourth-order valence-corrected chi connectivity index (χ4v) is 2.67. The van der Waals surface area contributed by atoms with Gasteiger partial charge in [0.1, 0.15) is 10.6 Å². The molecule has 2 aromatic carbocycles. The molecule has 0 saturated heterocycles. The number of halogens is 2. The zero-order valence-electron chi connectivity index (χ0n) is 11.3. The molecule has 0 radical (unpaired) electrons. The van der Waals surface area contributed by atoms with E-state index in [1.54, 1.807) is 13.0 Å². The van der Waals surface area contributed by atoms with Gasteiger partial charge in [-0.3, -0.25) is 4.79 Å². The van der Waals surface area contributed by atoms with Crippen molar-refractivity contribution in [3.8, 4) is 0 Å². The Morgan fingerprint density at radius 2 is 1.95 bits per heavy atom. The molecule has 108 valence electrons. The number of carbonyl (C=O) groups is 1. The van der Waals surface area contributed by atoms with Crippen LogP contribution in [0.3, 0.4) is 0 Å². The average molecular weight is 323 g/mol. The van der Waals surface area contributed by atoms with E-state index in [2.05, 4.69) is 0 Å². The topological polar surface area (TPSA) is 39.4 Å². The van der Waals surface area contributed by atoms with Gasteiger partial charge in [0.15, 0.2) is 5.58 Å². The van der Waals surface area contributed by atoms with Crippen molar-refractivity contribution in [1.82, 2.24) is 0 Å². The molecule has 0 unspecified atom stereocenters. The van der Waals surface area contributed by atoms with Gasteiger partial charge < -0.3 is 9.15 Å². The van der Waals surface area contributed by atoms with Crippen LogP contribution in [-0.2, 0) is 16.0 Å². The third-order valence-electron chi connectivity index (χ3n) is 3.25. The van der Waals surface area contributed by atoms with Crippen LogP contribution in [-0.4, -0.2) is 12.6 Å². The minimum absolute atomic E-state index is 0.218. The summed E-state index contributed by atoms with van der Waals surface area (Å²) < 4.78 is 10.7. The van der Waals surface area contributed by atoms with Gasteiger partial charge in [0.05, 0.1) is 18.1 Å². The number of esters is 1.